The van der Waals surface area contributed by atoms with Gasteiger partial charge in [0, 0.05) is 12.4 Å². The molecule has 2 heterocycles. The molecule has 0 radical (unpaired) electrons. The molecule has 2 nitrogen and oxygen atoms in total. The smallest absolute Gasteiger partial charge is 0.0270 e. The van der Waals surface area contributed by atoms with E-state index < -0.39 is 0 Å². The highest BCUT2D eigenvalue weighted by Crippen LogP contribution is 2.48. The van der Waals surface area contributed by atoms with Gasteiger partial charge in [-0.2, -0.15) is 0 Å². The number of nitrogens with zero attached hydrogens (tertiary/aromatic N) is 1. The van der Waals surface area contributed by atoms with Crippen LogP contribution in [-0.4, -0.2) is 18.1 Å². The van der Waals surface area contributed by atoms with E-state index in [1.807, 2.05) is 12.4 Å². The third-order valence-corrected chi connectivity index (χ3v) is 4.59. The second-order valence-corrected chi connectivity index (χ2v) is 5.29. The van der Waals surface area contributed by atoms with Gasteiger partial charge >= 0.3 is 0 Å². The maximum Gasteiger partial charge on any atom is 0.0270 e. The molecule has 1 aromatic heterocycles. The van der Waals surface area contributed by atoms with Crippen LogP contribution in [0.25, 0.3) is 0 Å². The van der Waals surface area contributed by atoms with Crippen LogP contribution >= 0.6 is 0 Å². The van der Waals surface area contributed by atoms with Crippen molar-refractivity contribution in [3.63, 3.8) is 0 Å². The van der Waals surface area contributed by atoms with Crippen LogP contribution in [0.15, 0.2) is 24.5 Å². The van der Waals surface area contributed by atoms with E-state index in [0.29, 0.717) is 5.41 Å². The minimum atomic E-state index is 0.465. The van der Waals surface area contributed by atoms with Gasteiger partial charge in [0.2, 0.25) is 0 Å². The third kappa shape index (κ3) is 1.56. The van der Waals surface area contributed by atoms with Crippen LogP contribution in [0.2, 0.25) is 0 Å². The number of hydrogen-bond acceptors (Lipinski definition) is 2. The molecule has 1 aromatic rings. The lowest BCUT2D eigenvalue weighted by Crippen LogP contribution is -2.33. The van der Waals surface area contributed by atoms with Gasteiger partial charge in [-0.1, -0.05) is 12.8 Å². The maximum absolute atomic E-state index is 4.16. The fraction of sp³-hybridized carbons (Fsp3) is 0.643. The monoisotopic (exact) mass is 216 g/mol. The Morgan fingerprint density at radius 1 is 1.19 bits per heavy atom. The summed E-state index contributed by atoms with van der Waals surface area (Å²) in [4.78, 5) is 4.16. The van der Waals surface area contributed by atoms with Crippen molar-refractivity contribution >= 4 is 0 Å². The molecule has 1 N–H and O–H groups in total. The lowest BCUT2D eigenvalue weighted by atomic mass is 9.69. The molecule has 1 saturated carbocycles. The SMILES string of the molecule is c1cc(C2(C3CCNC3)CCCC2)ccn1. The van der Waals surface area contributed by atoms with Gasteiger partial charge in [0.05, 0.1) is 0 Å². The average molecular weight is 216 g/mol. The van der Waals surface area contributed by atoms with Crippen LogP contribution in [-0.2, 0) is 5.41 Å². The molecule has 1 aliphatic carbocycles. The minimum absolute atomic E-state index is 0.465. The van der Waals surface area contributed by atoms with Crippen molar-refractivity contribution in [2.45, 2.75) is 37.5 Å². The highest BCUT2D eigenvalue weighted by Gasteiger charge is 2.43. The molecule has 0 aromatic carbocycles. The fourth-order valence-electron chi connectivity index (χ4n) is 3.75. The first-order valence-electron chi connectivity index (χ1n) is 6.53. The summed E-state index contributed by atoms with van der Waals surface area (Å²) in [5.41, 5.74) is 2.00. The topological polar surface area (TPSA) is 24.9 Å². The Bertz CT molecular complexity index is 335. The van der Waals surface area contributed by atoms with E-state index in [1.165, 1.54) is 50.8 Å². The van der Waals surface area contributed by atoms with Crippen molar-refractivity contribution in [3.8, 4) is 0 Å². The molecule has 1 unspecified atom stereocenters. The molecule has 0 bridgehead atoms. The second-order valence-electron chi connectivity index (χ2n) is 5.29. The Hall–Kier alpha value is -0.890. The van der Waals surface area contributed by atoms with Crippen LogP contribution in [0.4, 0.5) is 0 Å². The molecule has 0 amide bonds. The summed E-state index contributed by atoms with van der Waals surface area (Å²) in [6.45, 7) is 2.42. The largest absolute Gasteiger partial charge is 0.316 e. The zero-order chi connectivity index (χ0) is 10.8. The highest BCUT2D eigenvalue weighted by atomic mass is 14.9. The first-order chi connectivity index (χ1) is 7.92. The predicted molar refractivity (Wildman–Crippen MR) is 65.4 cm³/mol. The summed E-state index contributed by atoms with van der Waals surface area (Å²) in [6.07, 6.45) is 10.8. The number of nitrogens with one attached hydrogen (secondary N) is 1. The Morgan fingerprint density at radius 2 is 1.94 bits per heavy atom. The fourth-order valence-corrected chi connectivity index (χ4v) is 3.75. The van der Waals surface area contributed by atoms with Crippen LogP contribution in [0.3, 0.4) is 0 Å². The molecule has 2 fully saturated rings. The first-order valence-corrected chi connectivity index (χ1v) is 6.53. The van der Waals surface area contributed by atoms with Crippen molar-refractivity contribution in [2.24, 2.45) is 5.92 Å². The highest BCUT2D eigenvalue weighted by molar-refractivity contribution is 5.26. The van der Waals surface area contributed by atoms with Crippen molar-refractivity contribution in [3.05, 3.63) is 30.1 Å². The zero-order valence-electron chi connectivity index (χ0n) is 9.78. The van der Waals surface area contributed by atoms with Gasteiger partial charge in [-0.05, 0) is 61.4 Å². The van der Waals surface area contributed by atoms with Gasteiger partial charge in [0.25, 0.3) is 0 Å². The molecule has 1 atom stereocenters. The van der Waals surface area contributed by atoms with Gasteiger partial charge in [-0.25, -0.2) is 0 Å². The van der Waals surface area contributed by atoms with Gasteiger partial charge in [0.15, 0.2) is 0 Å². The molecular weight excluding hydrogens is 196 g/mol. The van der Waals surface area contributed by atoms with Gasteiger partial charge in [-0.15, -0.1) is 0 Å². The molecule has 86 valence electrons. The number of aromatic nitrogens is 1. The van der Waals surface area contributed by atoms with Gasteiger partial charge < -0.3 is 5.32 Å². The lowest BCUT2D eigenvalue weighted by molar-refractivity contribution is 0.291. The Balaban J connectivity index is 1.96. The molecule has 3 rings (SSSR count). The summed E-state index contributed by atoms with van der Waals surface area (Å²) in [7, 11) is 0. The maximum atomic E-state index is 4.16. The van der Waals surface area contributed by atoms with Crippen LogP contribution in [0.1, 0.15) is 37.7 Å². The molecule has 0 spiro atoms. The van der Waals surface area contributed by atoms with Crippen molar-refractivity contribution < 1.29 is 0 Å². The number of hydrogen-bond donors (Lipinski definition) is 1. The molecular formula is C14H20N2. The van der Waals surface area contributed by atoms with Crippen molar-refractivity contribution in [1.29, 1.82) is 0 Å². The summed E-state index contributed by atoms with van der Waals surface area (Å²) in [6, 6.07) is 4.48. The molecule has 1 saturated heterocycles. The molecule has 16 heavy (non-hydrogen) atoms. The Kier molecular flexibility index (Phi) is 2.68. The van der Waals surface area contributed by atoms with Crippen molar-refractivity contribution in [1.82, 2.24) is 10.3 Å². The quantitative estimate of drug-likeness (QED) is 0.821. The second kappa shape index (κ2) is 4.17. The van der Waals surface area contributed by atoms with E-state index in [9.17, 15) is 0 Å². The van der Waals surface area contributed by atoms with E-state index >= 15 is 0 Å². The summed E-state index contributed by atoms with van der Waals surface area (Å²) in [5, 5.41) is 3.53. The van der Waals surface area contributed by atoms with Gasteiger partial charge in [-0.3, -0.25) is 4.98 Å². The number of pyridine rings is 1. The van der Waals surface area contributed by atoms with E-state index in [1.54, 1.807) is 0 Å². The van der Waals surface area contributed by atoms with Crippen molar-refractivity contribution in [2.75, 3.05) is 13.1 Å². The van der Waals surface area contributed by atoms with E-state index in [-0.39, 0.29) is 0 Å². The Labute approximate surface area is 97.5 Å². The van der Waals surface area contributed by atoms with Crippen LogP contribution in [0.5, 0.6) is 0 Å². The third-order valence-electron chi connectivity index (χ3n) is 4.59. The zero-order valence-corrected chi connectivity index (χ0v) is 9.78. The van der Waals surface area contributed by atoms with E-state index in [4.69, 9.17) is 0 Å². The average Bonchev–Trinajstić information content (AvgIpc) is 3.02. The molecule has 1 aliphatic heterocycles. The first kappa shape index (κ1) is 10.3. The predicted octanol–water partition coefficient (Wildman–Crippen LogP) is 2.50. The van der Waals surface area contributed by atoms with E-state index in [0.717, 1.165) is 5.92 Å². The summed E-state index contributed by atoms with van der Waals surface area (Å²) >= 11 is 0. The molecule has 2 aliphatic rings. The summed E-state index contributed by atoms with van der Waals surface area (Å²) < 4.78 is 0. The summed E-state index contributed by atoms with van der Waals surface area (Å²) in [5.74, 6) is 0.845. The standard InChI is InChI=1S/C14H20N2/c1-2-7-14(6-1,13-5-10-16-11-13)12-3-8-15-9-4-12/h3-4,8-9,13,16H,1-2,5-7,10-11H2. The van der Waals surface area contributed by atoms with E-state index in [2.05, 4.69) is 22.4 Å². The van der Waals surface area contributed by atoms with Crippen LogP contribution in [0, 0.1) is 5.92 Å². The Morgan fingerprint density at radius 3 is 2.56 bits per heavy atom. The number of rotatable bonds is 2. The normalized spacial score (nSPS) is 28.4. The minimum Gasteiger partial charge on any atom is -0.316 e. The van der Waals surface area contributed by atoms with Crippen LogP contribution < -0.4 is 5.32 Å². The molecule has 2 heteroatoms. The lowest BCUT2D eigenvalue weighted by Gasteiger charge is -2.35. The van der Waals surface area contributed by atoms with Gasteiger partial charge in [0.1, 0.15) is 0 Å².